The average Bonchev–Trinajstić information content (AvgIpc) is 2.83. The largest absolute Gasteiger partial charge is 0.445 e. The third kappa shape index (κ3) is 2.65. The Kier molecular flexibility index (Phi) is 3.28. The van der Waals surface area contributed by atoms with Crippen LogP contribution in [0.4, 0.5) is 4.79 Å². The lowest BCUT2D eigenvalue weighted by atomic mass is 10.7. The third-order valence-corrected chi connectivity index (χ3v) is 1.57. The van der Waals surface area contributed by atoms with Crippen LogP contribution in [0.25, 0.3) is 0 Å². The second-order valence-electron chi connectivity index (χ2n) is 2.48. The molecule has 6 heteroatoms. The fraction of sp³-hybridized carbons (Fsp3) is 0.833. The molecule has 0 radical (unpaired) electrons. The predicted octanol–water partition coefficient (Wildman–Crippen LogP) is 1.51. The van der Waals surface area contributed by atoms with E-state index in [9.17, 15) is 9.70 Å². The van der Waals surface area contributed by atoms with Gasteiger partial charge in [0.2, 0.25) is 0 Å². The first kappa shape index (κ1) is 9.25. The van der Waals surface area contributed by atoms with Crippen molar-refractivity contribution in [1.29, 1.82) is 0 Å². The second-order valence-corrected chi connectivity index (χ2v) is 2.85. The highest BCUT2D eigenvalue weighted by Crippen LogP contribution is 2.24. The van der Waals surface area contributed by atoms with Gasteiger partial charge in [0.15, 0.2) is 0 Å². The van der Waals surface area contributed by atoms with Gasteiger partial charge in [0, 0.05) is 5.88 Å². The molecule has 0 N–H and O–H groups in total. The Morgan fingerprint density at radius 3 is 2.75 bits per heavy atom. The van der Waals surface area contributed by atoms with Crippen molar-refractivity contribution >= 4 is 17.7 Å². The number of nitroso groups, excluding NO2 is 1. The molecule has 68 valence electrons. The van der Waals surface area contributed by atoms with Crippen LogP contribution in [-0.4, -0.2) is 29.6 Å². The quantitative estimate of drug-likeness (QED) is 0.385. The van der Waals surface area contributed by atoms with Crippen molar-refractivity contribution in [3.63, 3.8) is 0 Å². The first-order valence-corrected chi connectivity index (χ1v) is 4.18. The van der Waals surface area contributed by atoms with Gasteiger partial charge in [-0.3, -0.25) is 0 Å². The molecular weight excluding hydrogens is 184 g/mol. The Balaban J connectivity index is 2.29. The third-order valence-electron chi connectivity index (χ3n) is 1.40. The Morgan fingerprint density at radius 2 is 2.33 bits per heavy atom. The maximum atomic E-state index is 11.0. The highest BCUT2D eigenvalue weighted by atomic mass is 35.5. The van der Waals surface area contributed by atoms with Crippen molar-refractivity contribution in [3.8, 4) is 0 Å². The molecule has 1 amide bonds. The minimum Gasteiger partial charge on any atom is -0.445 e. The zero-order valence-corrected chi connectivity index (χ0v) is 7.16. The number of hydrogen-bond donors (Lipinski definition) is 0. The molecule has 0 atom stereocenters. The van der Waals surface area contributed by atoms with Crippen LogP contribution in [0.2, 0.25) is 0 Å². The van der Waals surface area contributed by atoms with Crippen molar-refractivity contribution in [2.24, 2.45) is 5.29 Å². The minimum atomic E-state index is -0.701. The summed E-state index contributed by atoms with van der Waals surface area (Å²) in [4.78, 5) is 21.0. The summed E-state index contributed by atoms with van der Waals surface area (Å²) < 4.78 is 4.80. The molecule has 1 rings (SSSR count). The van der Waals surface area contributed by atoms with Crippen molar-refractivity contribution < 1.29 is 9.53 Å². The highest BCUT2D eigenvalue weighted by Gasteiger charge is 2.28. The molecule has 0 aliphatic heterocycles. The Hall–Kier alpha value is -0.840. The first-order chi connectivity index (χ1) is 5.77. The molecule has 0 aromatic heterocycles. The van der Waals surface area contributed by atoms with Crippen molar-refractivity contribution in [3.05, 3.63) is 4.91 Å². The summed E-state index contributed by atoms with van der Waals surface area (Å²) in [5.41, 5.74) is 0. The number of hydrogen-bond acceptors (Lipinski definition) is 4. The number of rotatable bonds is 4. The molecule has 0 spiro atoms. The van der Waals surface area contributed by atoms with E-state index in [1.165, 1.54) is 0 Å². The minimum absolute atomic E-state index is 0.0166. The van der Waals surface area contributed by atoms with Gasteiger partial charge in [-0.15, -0.1) is 16.5 Å². The standard InChI is InChI=1S/C6H9ClN2O3/c7-3-4-9(8-11)6(10)12-5-1-2-5/h5H,1-4H2. The van der Waals surface area contributed by atoms with Gasteiger partial charge < -0.3 is 4.74 Å². The van der Waals surface area contributed by atoms with Gasteiger partial charge in [0.1, 0.15) is 6.10 Å². The zero-order chi connectivity index (χ0) is 8.97. The molecule has 5 nitrogen and oxygen atoms in total. The Bertz CT molecular complexity index is 184. The van der Waals surface area contributed by atoms with Crippen LogP contribution in [-0.2, 0) is 4.74 Å². The van der Waals surface area contributed by atoms with E-state index in [2.05, 4.69) is 5.29 Å². The number of carbonyl (C=O) groups is 1. The topological polar surface area (TPSA) is 59.0 Å². The number of amides is 1. The average molecular weight is 193 g/mol. The molecule has 1 aliphatic rings. The van der Waals surface area contributed by atoms with E-state index in [-0.39, 0.29) is 18.5 Å². The van der Waals surface area contributed by atoms with Crippen molar-refractivity contribution in [1.82, 2.24) is 5.01 Å². The first-order valence-electron chi connectivity index (χ1n) is 3.65. The highest BCUT2D eigenvalue weighted by molar-refractivity contribution is 6.18. The van der Waals surface area contributed by atoms with Gasteiger partial charge in [-0.05, 0) is 12.8 Å². The lowest BCUT2D eigenvalue weighted by Gasteiger charge is -2.10. The van der Waals surface area contributed by atoms with Gasteiger partial charge in [0.25, 0.3) is 0 Å². The smallest absolute Gasteiger partial charge is 0.433 e. The van der Waals surface area contributed by atoms with E-state index < -0.39 is 6.09 Å². The summed E-state index contributed by atoms with van der Waals surface area (Å²) >= 11 is 5.32. The summed E-state index contributed by atoms with van der Waals surface area (Å²) in [5, 5.41) is 3.17. The molecule has 0 heterocycles. The molecule has 12 heavy (non-hydrogen) atoms. The van der Waals surface area contributed by atoms with E-state index in [1.807, 2.05) is 0 Å². The fourth-order valence-electron chi connectivity index (χ4n) is 0.635. The fourth-order valence-corrected chi connectivity index (χ4v) is 0.795. The molecule has 1 aliphatic carbocycles. The van der Waals surface area contributed by atoms with E-state index in [1.54, 1.807) is 0 Å². The van der Waals surface area contributed by atoms with Crippen LogP contribution in [0.15, 0.2) is 5.29 Å². The van der Waals surface area contributed by atoms with Gasteiger partial charge in [-0.25, -0.2) is 4.79 Å². The summed E-state index contributed by atoms with van der Waals surface area (Å²) in [7, 11) is 0. The van der Waals surface area contributed by atoms with E-state index in [0.29, 0.717) is 5.01 Å². The van der Waals surface area contributed by atoms with Crippen molar-refractivity contribution in [2.75, 3.05) is 12.4 Å². The zero-order valence-electron chi connectivity index (χ0n) is 6.40. The van der Waals surface area contributed by atoms with Gasteiger partial charge >= 0.3 is 6.09 Å². The maximum absolute atomic E-state index is 11.0. The number of nitrogens with zero attached hydrogens (tertiary/aromatic N) is 2. The number of carbonyl (C=O) groups excluding carboxylic acids is 1. The van der Waals surface area contributed by atoms with Crippen LogP contribution in [0.1, 0.15) is 12.8 Å². The van der Waals surface area contributed by atoms with E-state index in [4.69, 9.17) is 16.3 Å². The van der Waals surface area contributed by atoms with E-state index in [0.717, 1.165) is 12.8 Å². The summed E-state index contributed by atoms with van der Waals surface area (Å²) in [6.07, 6.45) is 1.03. The van der Waals surface area contributed by atoms with Crippen LogP contribution in [0.5, 0.6) is 0 Å². The SMILES string of the molecule is O=NN(CCCl)C(=O)OC1CC1. The monoisotopic (exact) mass is 192 g/mol. The van der Waals surface area contributed by atoms with Crippen LogP contribution < -0.4 is 0 Å². The number of ether oxygens (including phenoxy) is 1. The Labute approximate surface area is 74.6 Å². The van der Waals surface area contributed by atoms with Crippen LogP contribution in [0, 0.1) is 4.91 Å². The molecular formula is C6H9ClN2O3. The van der Waals surface area contributed by atoms with Gasteiger partial charge in [-0.2, -0.15) is 5.01 Å². The van der Waals surface area contributed by atoms with Gasteiger partial charge in [-0.1, -0.05) is 0 Å². The number of halogens is 1. The second kappa shape index (κ2) is 4.25. The molecule has 0 unspecified atom stereocenters. The summed E-state index contributed by atoms with van der Waals surface area (Å²) in [6, 6.07) is 0. The molecule has 0 aromatic carbocycles. The summed E-state index contributed by atoms with van der Waals surface area (Å²) in [6.45, 7) is 0.0939. The predicted molar refractivity (Wildman–Crippen MR) is 42.7 cm³/mol. The molecule has 0 saturated heterocycles. The molecule has 0 bridgehead atoms. The lowest BCUT2D eigenvalue weighted by molar-refractivity contribution is 0.0984. The molecule has 1 saturated carbocycles. The Morgan fingerprint density at radius 1 is 1.67 bits per heavy atom. The number of alkyl halides is 1. The van der Waals surface area contributed by atoms with Crippen LogP contribution in [0.3, 0.4) is 0 Å². The van der Waals surface area contributed by atoms with Crippen LogP contribution >= 0.6 is 11.6 Å². The normalized spacial score (nSPS) is 15.4. The molecule has 0 aromatic rings. The van der Waals surface area contributed by atoms with Crippen molar-refractivity contribution in [2.45, 2.75) is 18.9 Å². The maximum Gasteiger partial charge on any atom is 0.433 e. The van der Waals surface area contributed by atoms with E-state index >= 15 is 0 Å². The lowest BCUT2D eigenvalue weighted by Crippen LogP contribution is -2.28. The molecule has 1 fully saturated rings. The van der Waals surface area contributed by atoms with Gasteiger partial charge in [0.05, 0.1) is 11.8 Å². The summed E-state index contributed by atoms with van der Waals surface area (Å²) in [5.74, 6) is 0.172.